The minimum atomic E-state index is -0.816. The van der Waals surface area contributed by atoms with E-state index in [-0.39, 0.29) is 5.60 Å². The highest BCUT2D eigenvalue weighted by molar-refractivity contribution is 5.77. The van der Waals surface area contributed by atoms with Gasteiger partial charge in [-0.3, -0.25) is 0 Å². The second-order valence-electron chi connectivity index (χ2n) is 4.67. The molecule has 0 aromatic carbocycles. The maximum atomic E-state index is 10.6. The number of carboxylic acids is 1. The highest BCUT2D eigenvalue weighted by Crippen LogP contribution is 2.40. The number of aliphatic carboxylic acids is 1. The SMILES string of the molecule is CCCCCCCCC1(C)OC1C(=O)O. The van der Waals surface area contributed by atoms with Crippen molar-refractivity contribution in [3.8, 4) is 0 Å². The summed E-state index contributed by atoms with van der Waals surface area (Å²) in [5, 5.41) is 8.74. The normalized spacial score (nSPS) is 29.1. The first kappa shape index (κ1) is 12.5. The van der Waals surface area contributed by atoms with Gasteiger partial charge >= 0.3 is 5.97 Å². The fraction of sp³-hybridized carbons (Fsp3) is 0.917. The molecular weight excluding hydrogens is 192 g/mol. The molecule has 0 spiro atoms. The Hall–Kier alpha value is -0.570. The fourth-order valence-corrected chi connectivity index (χ4v) is 1.99. The van der Waals surface area contributed by atoms with Crippen molar-refractivity contribution in [3.05, 3.63) is 0 Å². The Morgan fingerprint density at radius 3 is 2.40 bits per heavy atom. The van der Waals surface area contributed by atoms with Gasteiger partial charge < -0.3 is 9.84 Å². The topological polar surface area (TPSA) is 49.8 Å². The number of hydrogen-bond acceptors (Lipinski definition) is 2. The minimum absolute atomic E-state index is 0.364. The number of rotatable bonds is 8. The summed E-state index contributed by atoms with van der Waals surface area (Å²) in [7, 11) is 0. The fourth-order valence-electron chi connectivity index (χ4n) is 1.99. The molecule has 0 aliphatic carbocycles. The third kappa shape index (κ3) is 3.82. The monoisotopic (exact) mass is 214 g/mol. The first-order chi connectivity index (χ1) is 7.10. The molecular formula is C12H22O3. The third-order valence-corrected chi connectivity index (χ3v) is 3.14. The molecule has 1 aliphatic heterocycles. The average molecular weight is 214 g/mol. The Bertz CT molecular complexity index is 215. The zero-order chi connectivity index (χ0) is 11.3. The van der Waals surface area contributed by atoms with Crippen molar-refractivity contribution in [3.63, 3.8) is 0 Å². The summed E-state index contributed by atoms with van der Waals surface area (Å²) in [5.74, 6) is -0.816. The molecule has 1 heterocycles. The van der Waals surface area contributed by atoms with Crippen LogP contribution in [-0.4, -0.2) is 22.8 Å². The Labute approximate surface area is 91.8 Å². The van der Waals surface area contributed by atoms with Crippen LogP contribution in [0, 0.1) is 0 Å². The van der Waals surface area contributed by atoms with Gasteiger partial charge in [-0.25, -0.2) is 4.79 Å². The predicted octanol–water partition coefficient (Wildman–Crippen LogP) is 2.98. The van der Waals surface area contributed by atoms with Crippen LogP contribution in [0.4, 0.5) is 0 Å². The molecule has 1 aliphatic rings. The first-order valence-corrected chi connectivity index (χ1v) is 6.01. The Balaban J connectivity index is 1.99. The van der Waals surface area contributed by atoms with E-state index in [9.17, 15) is 4.79 Å². The summed E-state index contributed by atoms with van der Waals surface area (Å²) >= 11 is 0. The zero-order valence-corrected chi connectivity index (χ0v) is 9.79. The molecule has 2 atom stereocenters. The van der Waals surface area contributed by atoms with E-state index in [0.717, 1.165) is 12.8 Å². The lowest BCUT2D eigenvalue weighted by molar-refractivity contribution is -0.138. The lowest BCUT2D eigenvalue weighted by atomic mass is 9.99. The molecule has 0 radical (unpaired) electrons. The van der Waals surface area contributed by atoms with E-state index in [1.807, 2.05) is 6.92 Å². The van der Waals surface area contributed by atoms with Crippen molar-refractivity contribution < 1.29 is 14.6 Å². The first-order valence-electron chi connectivity index (χ1n) is 6.01. The van der Waals surface area contributed by atoms with Crippen LogP contribution in [-0.2, 0) is 9.53 Å². The van der Waals surface area contributed by atoms with Crippen LogP contribution in [0.1, 0.15) is 58.8 Å². The molecule has 1 saturated heterocycles. The van der Waals surface area contributed by atoms with Crippen LogP contribution in [0.5, 0.6) is 0 Å². The van der Waals surface area contributed by atoms with Gasteiger partial charge in [-0.1, -0.05) is 45.4 Å². The summed E-state index contributed by atoms with van der Waals surface area (Å²) in [6, 6.07) is 0. The summed E-state index contributed by atoms with van der Waals surface area (Å²) in [5.41, 5.74) is -0.364. The van der Waals surface area contributed by atoms with Crippen molar-refractivity contribution in [2.24, 2.45) is 0 Å². The molecule has 0 saturated carbocycles. The van der Waals surface area contributed by atoms with Crippen LogP contribution in [0.15, 0.2) is 0 Å². The van der Waals surface area contributed by atoms with Crippen molar-refractivity contribution in [1.29, 1.82) is 0 Å². The Kier molecular flexibility index (Phi) is 4.58. The predicted molar refractivity (Wildman–Crippen MR) is 58.9 cm³/mol. The number of ether oxygens (including phenoxy) is 1. The molecule has 0 aromatic heterocycles. The summed E-state index contributed by atoms with van der Waals surface area (Å²) < 4.78 is 5.19. The van der Waals surface area contributed by atoms with Crippen molar-refractivity contribution in [1.82, 2.24) is 0 Å². The number of hydrogen-bond donors (Lipinski definition) is 1. The standard InChI is InChI=1S/C12H22O3/c1-3-4-5-6-7-8-9-12(2)10(15-12)11(13)14/h10H,3-9H2,1-2H3,(H,13,14). The molecule has 0 aromatic rings. The third-order valence-electron chi connectivity index (χ3n) is 3.14. The highest BCUT2D eigenvalue weighted by Gasteiger charge is 2.56. The molecule has 2 unspecified atom stereocenters. The average Bonchev–Trinajstić information content (AvgIpc) is 2.85. The second kappa shape index (κ2) is 5.50. The molecule has 1 N–H and O–H groups in total. The van der Waals surface area contributed by atoms with Crippen LogP contribution in [0.2, 0.25) is 0 Å². The van der Waals surface area contributed by atoms with Crippen molar-refractivity contribution >= 4 is 5.97 Å². The lowest BCUT2D eigenvalue weighted by Crippen LogP contribution is -2.16. The van der Waals surface area contributed by atoms with Crippen molar-refractivity contribution in [2.75, 3.05) is 0 Å². The van der Waals surface area contributed by atoms with Gasteiger partial charge in [0.1, 0.15) is 5.60 Å². The van der Waals surface area contributed by atoms with Gasteiger partial charge in [0.2, 0.25) is 0 Å². The van der Waals surface area contributed by atoms with Crippen molar-refractivity contribution in [2.45, 2.75) is 70.5 Å². The number of epoxide rings is 1. The molecule has 3 nitrogen and oxygen atoms in total. The summed E-state index contributed by atoms with van der Waals surface area (Å²) in [6.07, 6.45) is 7.77. The molecule has 88 valence electrons. The molecule has 3 heteroatoms. The van der Waals surface area contributed by atoms with Gasteiger partial charge in [0.05, 0.1) is 0 Å². The van der Waals surface area contributed by atoms with E-state index < -0.39 is 12.1 Å². The van der Waals surface area contributed by atoms with Crippen LogP contribution in [0.3, 0.4) is 0 Å². The number of carboxylic acid groups (broad SMARTS) is 1. The van der Waals surface area contributed by atoms with E-state index in [4.69, 9.17) is 9.84 Å². The van der Waals surface area contributed by atoms with E-state index in [1.165, 1.54) is 32.1 Å². The largest absolute Gasteiger partial charge is 0.479 e. The highest BCUT2D eigenvalue weighted by atomic mass is 16.6. The van der Waals surface area contributed by atoms with Crippen LogP contribution < -0.4 is 0 Å². The van der Waals surface area contributed by atoms with Crippen LogP contribution >= 0.6 is 0 Å². The van der Waals surface area contributed by atoms with Gasteiger partial charge in [0.25, 0.3) is 0 Å². The zero-order valence-electron chi connectivity index (χ0n) is 9.79. The molecule has 0 bridgehead atoms. The van der Waals surface area contributed by atoms with Gasteiger partial charge in [-0.05, 0) is 13.3 Å². The Morgan fingerprint density at radius 2 is 1.87 bits per heavy atom. The van der Waals surface area contributed by atoms with Gasteiger partial charge in [-0.2, -0.15) is 0 Å². The lowest BCUT2D eigenvalue weighted by Gasteiger charge is -2.04. The van der Waals surface area contributed by atoms with Crippen LogP contribution in [0.25, 0.3) is 0 Å². The summed E-state index contributed by atoms with van der Waals surface area (Å²) in [4.78, 5) is 10.6. The number of unbranched alkanes of at least 4 members (excludes halogenated alkanes) is 5. The smallest absolute Gasteiger partial charge is 0.335 e. The van der Waals surface area contributed by atoms with Gasteiger partial charge in [0, 0.05) is 0 Å². The minimum Gasteiger partial charge on any atom is -0.479 e. The second-order valence-corrected chi connectivity index (χ2v) is 4.67. The molecule has 15 heavy (non-hydrogen) atoms. The molecule has 0 amide bonds. The van der Waals surface area contributed by atoms with E-state index in [2.05, 4.69) is 6.92 Å². The summed E-state index contributed by atoms with van der Waals surface area (Å²) in [6.45, 7) is 4.11. The van der Waals surface area contributed by atoms with E-state index >= 15 is 0 Å². The quantitative estimate of drug-likeness (QED) is 0.499. The van der Waals surface area contributed by atoms with E-state index in [1.54, 1.807) is 0 Å². The maximum absolute atomic E-state index is 10.6. The maximum Gasteiger partial charge on any atom is 0.335 e. The van der Waals surface area contributed by atoms with Gasteiger partial charge in [-0.15, -0.1) is 0 Å². The molecule has 1 fully saturated rings. The number of carbonyl (C=O) groups is 1. The van der Waals surface area contributed by atoms with Gasteiger partial charge in [0.15, 0.2) is 6.10 Å². The molecule has 1 rings (SSSR count). The van der Waals surface area contributed by atoms with E-state index in [0.29, 0.717) is 0 Å². The Morgan fingerprint density at radius 1 is 1.27 bits per heavy atom.